The van der Waals surface area contributed by atoms with Gasteiger partial charge in [0.25, 0.3) is 0 Å². The smallest absolute Gasteiger partial charge is 0.0178 e. The quantitative estimate of drug-likeness (QED) is 0.828. The van der Waals surface area contributed by atoms with E-state index in [4.69, 9.17) is 5.73 Å². The fraction of sp³-hybridized carbons (Fsp3) is 0.250. The van der Waals surface area contributed by atoms with Crippen LogP contribution in [0.15, 0.2) is 36.4 Å². The molecule has 0 radical (unpaired) electrons. The van der Waals surface area contributed by atoms with Crippen LogP contribution in [0.1, 0.15) is 22.3 Å². The second-order valence-corrected chi connectivity index (χ2v) is 4.65. The van der Waals surface area contributed by atoms with Crippen LogP contribution in [0.3, 0.4) is 0 Å². The molecule has 0 aliphatic heterocycles. The van der Waals surface area contributed by atoms with Gasteiger partial charge in [0.05, 0.1) is 0 Å². The maximum atomic E-state index is 5.70. The molecule has 0 spiro atoms. The highest BCUT2D eigenvalue weighted by Crippen LogP contribution is 2.26. The van der Waals surface area contributed by atoms with E-state index in [1.807, 2.05) is 0 Å². The van der Waals surface area contributed by atoms with E-state index < -0.39 is 0 Å². The summed E-state index contributed by atoms with van der Waals surface area (Å²) in [6.45, 7) is 7.03. The van der Waals surface area contributed by atoms with Gasteiger partial charge >= 0.3 is 0 Å². The maximum absolute atomic E-state index is 5.70. The molecule has 0 unspecified atom stereocenters. The summed E-state index contributed by atoms with van der Waals surface area (Å²) in [6.07, 6.45) is 0. The first-order valence-corrected chi connectivity index (χ1v) is 5.99. The molecule has 2 aromatic carbocycles. The molecule has 2 N–H and O–H groups in total. The molecular weight excluding hydrogens is 206 g/mol. The highest BCUT2D eigenvalue weighted by Gasteiger charge is 2.04. The molecule has 0 atom stereocenters. The third kappa shape index (κ3) is 2.40. The van der Waals surface area contributed by atoms with Crippen LogP contribution in [0.25, 0.3) is 11.1 Å². The zero-order chi connectivity index (χ0) is 12.4. The fourth-order valence-electron chi connectivity index (χ4n) is 2.02. The first-order chi connectivity index (χ1) is 8.11. The van der Waals surface area contributed by atoms with Crippen LogP contribution in [-0.2, 0) is 6.54 Å². The molecule has 0 aliphatic carbocycles. The predicted octanol–water partition coefficient (Wildman–Crippen LogP) is 3.74. The standard InChI is InChI=1S/C16H19N/c1-11-5-7-15(8-13(11)3)16-9-14(10-17)6-4-12(16)2/h4-9H,10,17H2,1-3H3. The maximum Gasteiger partial charge on any atom is 0.0178 e. The minimum Gasteiger partial charge on any atom is -0.326 e. The van der Waals surface area contributed by atoms with Gasteiger partial charge in [0.1, 0.15) is 0 Å². The Kier molecular flexibility index (Phi) is 3.30. The average Bonchev–Trinajstić information content (AvgIpc) is 2.33. The molecule has 0 saturated carbocycles. The van der Waals surface area contributed by atoms with Crippen molar-refractivity contribution in [3.63, 3.8) is 0 Å². The number of aryl methyl sites for hydroxylation is 3. The summed E-state index contributed by atoms with van der Waals surface area (Å²) in [4.78, 5) is 0. The van der Waals surface area contributed by atoms with Crippen molar-refractivity contribution in [1.29, 1.82) is 0 Å². The molecule has 0 heterocycles. The monoisotopic (exact) mass is 225 g/mol. The Bertz CT molecular complexity index is 541. The van der Waals surface area contributed by atoms with Gasteiger partial charge in [0, 0.05) is 6.54 Å². The van der Waals surface area contributed by atoms with E-state index in [0.29, 0.717) is 6.54 Å². The van der Waals surface area contributed by atoms with Crippen LogP contribution in [0.5, 0.6) is 0 Å². The summed E-state index contributed by atoms with van der Waals surface area (Å²) in [5, 5.41) is 0. The Morgan fingerprint density at radius 1 is 0.824 bits per heavy atom. The number of hydrogen-bond acceptors (Lipinski definition) is 1. The zero-order valence-corrected chi connectivity index (χ0v) is 10.7. The van der Waals surface area contributed by atoms with E-state index in [-0.39, 0.29) is 0 Å². The van der Waals surface area contributed by atoms with Gasteiger partial charge in [-0.2, -0.15) is 0 Å². The molecule has 0 aromatic heterocycles. The number of benzene rings is 2. The minimum absolute atomic E-state index is 0.595. The van der Waals surface area contributed by atoms with E-state index in [1.54, 1.807) is 0 Å². The SMILES string of the molecule is Cc1ccc(-c2cc(CN)ccc2C)cc1C. The summed E-state index contributed by atoms with van der Waals surface area (Å²) >= 11 is 0. The van der Waals surface area contributed by atoms with Gasteiger partial charge in [-0.15, -0.1) is 0 Å². The molecule has 17 heavy (non-hydrogen) atoms. The van der Waals surface area contributed by atoms with E-state index in [9.17, 15) is 0 Å². The van der Waals surface area contributed by atoms with Gasteiger partial charge in [0.15, 0.2) is 0 Å². The van der Waals surface area contributed by atoms with E-state index in [0.717, 1.165) is 0 Å². The Labute approximate surface area is 103 Å². The van der Waals surface area contributed by atoms with Crippen LogP contribution >= 0.6 is 0 Å². The van der Waals surface area contributed by atoms with Crippen LogP contribution in [0.2, 0.25) is 0 Å². The highest BCUT2D eigenvalue weighted by molar-refractivity contribution is 5.69. The lowest BCUT2D eigenvalue weighted by molar-refractivity contribution is 1.07. The zero-order valence-electron chi connectivity index (χ0n) is 10.7. The summed E-state index contributed by atoms with van der Waals surface area (Å²) in [5.41, 5.74) is 13.4. The topological polar surface area (TPSA) is 26.0 Å². The van der Waals surface area contributed by atoms with Crippen molar-refractivity contribution < 1.29 is 0 Å². The van der Waals surface area contributed by atoms with E-state index >= 15 is 0 Å². The lowest BCUT2D eigenvalue weighted by Crippen LogP contribution is -1.97. The Morgan fingerprint density at radius 2 is 1.53 bits per heavy atom. The lowest BCUT2D eigenvalue weighted by Gasteiger charge is -2.10. The fourth-order valence-corrected chi connectivity index (χ4v) is 2.02. The third-order valence-electron chi connectivity index (χ3n) is 3.36. The molecule has 0 amide bonds. The lowest BCUT2D eigenvalue weighted by atomic mass is 9.95. The van der Waals surface area contributed by atoms with Crippen molar-refractivity contribution in [2.75, 3.05) is 0 Å². The second-order valence-electron chi connectivity index (χ2n) is 4.65. The van der Waals surface area contributed by atoms with Crippen LogP contribution in [0, 0.1) is 20.8 Å². The van der Waals surface area contributed by atoms with Crippen molar-refractivity contribution in [3.05, 3.63) is 58.7 Å². The minimum atomic E-state index is 0.595. The first-order valence-electron chi connectivity index (χ1n) is 5.99. The second kappa shape index (κ2) is 4.72. The molecule has 2 aromatic rings. The summed E-state index contributed by atoms with van der Waals surface area (Å²) in [7, 11) is 0. The molecule has 88 valence electrons. The number of nitrogens with two attached hydrogens (primary N) is 1. The van der Waals surface area contributed by atoms with Crippen molar-refractivity contribution in [2.24, 2.45) is 5.73 Å². The first kappa shape index (κ1) is 11.9. The summed E-state index contributed by atoms with van der Waals surface area (Å²) in [5.74, 6) is 0. The van der Waals surface area contributed by atoms with E-state index in [1.165, 1.54) is 33.4 Å². The van der Waals surface area contributed by atoms with Crippen molar-refractivity contribution in [2.45, 2.75) is 27.3 Å². The molecule has 0 fully saturated rings. The molecule has 1 nitrogen and oxygen atoms in total. The largest absolute Gasteiger partial charge is 0.326 e. The molecule has 0 saturated heterocycles. The van der Waals surface area contributed by atoms with Gasteiger partial charge in [-0.25, -0.2) is 0 Å². The highest BCUT2D eigenvalue weighted by atomic mass is 14.5. The molecular formula is C16H19N. The van der Waals surface area contributed by atoms with Crippen LogP contribution < -0.4 is 5.73 Å². The Balaban J connectivity index is 2.55. The van der Waals surface area contributed by atoms with Gasteiger partial charge in [-0.05, 0) is 60.2 Å². The Morgan fingerprint density at radius 3 is 2.18 bits per heavy atom. The molecule has 0 aliphatic rings. The number of hydrogen-bond donors (Lipinski definition) is 1. The van der Waals surface area contributed by atoms with Gasteiger partial charge in [-0.1, -0.05) is 30.3 Å². The molecule has 0 bridgehead atoms. The van der Waals surface area contributed by atoms with Crippen molar-refractivity contribution >= 4 is 0 Å². The van der Waals surface area contributed by atoms with E-state index in [2.05, 4.69) is 57.2 Å². The molecule has 2 rings (SSSR count). The summed E-state index contributed by atoms with van der Waals surface area (Å²) < 4.78 is 0. The predicted molar refractivity (Wildman–Crippen MR) is 74.0 cm³/mol. The van der Waals surface area contributed by atoms with Crippen molar-refractivity contribution in [3.8, 4) is 11.1 Å². The average molecular weight is 225 g/mol. The van der Waals surface area contributed by atoms with Gasteiger partial charge in [0.2, 0.25) is 0 Å². The molecule has 1 heteroatoms. The summed E-state index contributed by atoms with van der Waals surface area (Å²) in [6, 6.07) is 13.0. The van der Waals surface area contributed by atoms with Crippen LogP contribution in [-0.4, -0.2) is 0 Å². The van der Waals surface area contributed by atoms with Crippen LogP contribution in [0.4, 0.5) is 0 Å². The van der Waals surface area contributed by atoms with Gasteiger partial charge in [-0.3, -0.25) is 0 Å². The number of rotatable bonds is 2. The normalized spacial score (nSPS) is 10.6. The van der Waals surface area contributed by atoms with Crippen molar-refractivity contribution in [1.82, 2.24) is 0 Å². The Hall–Kier alpha value is -1.60. The third-order valence-corrected chi connectivity index (χ3v) is 3.36. The van der Waals surface area contributed by atoms with Gasteiger partial charge < -0.3 is 5.73 Å².